The first-order chi connectivity index (χ1) is 15.1. The molecule has 4 atom stereocenters. The molecule has 2 heterocycles. The molecule has 1 saturated carbocycles. The Labute approximate surface area is 191 Å². The third-order valence-electron chi connectivity index (χ3n) is 5.40. The van der Waals surface area contributed by atoms with Gasteiger partial charge in [0.2, 0.25) is 0 Å². The summed E-state index contributed by atoms with van der Waals surface area (Å²) in [7, 11) is 0. The predicted octanol–water partition coefficient (Wildman–Crippen LogP) is 2.50. The highest BCUT2D eigenvalue weighted by atomic mass is 32.2. The molecule has 176 valence electrons. The van der Waals surface area contributed by atoms with Crippen LogP contribution < -0.4 is 5.32 Å². The fourth-order valence-electron chi connectivity index (χ4n) is 3.65. The van der Waals surface area contributed by atoms with Crippen molar-refractivity contribution in [2.24, 2.45) is 11.3 Å². The summed E-state index contributed by atoms with van der Waals surface area (Å²) in [5.41, 5.74) is 1.15. The third kappa shape index (κ3) is 5.76. The molecular formula is C21H32N6O4S. The second-order valence-corrected chi connectivity index (χ2v) is 10.4. The first kappa shape index (κ1) is 24.4. The van der Waals surface area contributed by atoms with Crippen molar-refractivity contribution in [2.75, 3.05) is 17.6 Å². The van der Waals surface area contributed by atoms with Gasteiger partial charge in [0.05, 0.1) is 12.1 Å². The average molecular weight is 465 g/mol. The number of carboxylic acid groups (broad SMARTS) is 1. The highest BCUT2D eigenvalue weighted by molar-refractivity contribution is 7.99. The van der Waals surface area contributed by atoms with E-state index in [2.05, 4.69) is 53.3 Å². The van der Waals surface area contributed by atoms with Gasteiger partial charge >= 0.3 is 5.97 Å². The number of thioether (sulfide) groups is 1. The Hall–Kier alpha value is -2.24. The lowest BCUT2D eigenvalue weighted by atomic mass is 9.92. The minimum absolute atomic E-state index is 0.166. The number of aromatic nitrogens is 5. The fraction of sp³-hybridized carbons (Fsp3) is 0.667. The molecule has 2 aromatic heterocycles. The van der Waals surface area contributed by atoms with Gasteiger partial charge in [0, 0.05) is 24.3 Å². The molecule has 32 heavy (non-hydrogen) atoms. The molecule has 1 aliphatic rings. The summed E-state index contributed by atoms with van der Waals surface area (Å²) in [6, 6.07) is -0.584. The van der Waals surface area contributed by atoms with Crippen molar-refractivity contribution in [3.8, 4) is 0 Å². The summed E-state index contributed by atoms with van der Waals surface area (Å²) in [5.74, 6) is -0.149. The summed E-state index contributed by atoms with van der Waals surface area (Å²) in [4.78, 5) is 20.1. The largest absolute Gasteiger partial charge is 0.478 e. The lowest BCUT2D eigenvalue weighted by Gasteiger charge is -2.19. The first-order valence-corrected chi connectivity index (χ1v) is 11.9. The van der Waals surface area contributed by atoms with Crippen LogP contribution in [0, 0.1) is 11.3 Å². The summed E-state index contributed by atoms with van der Waals surface area (Å²) >= 11 is 1.54. The van der Waals surface area contributed by atoms with E-state index in [1.54, 1.807) is 0 Å². The zero-order chi connectivity index (χ0) is 23.5. The normalized spacial score (nSPS) is 23.9. The van der Waals surface area contributed by atoms with E-state index < -0.39 is 30.1 Å². The van der Waals surface area contributed by atoms with Crippen molar-refractivity contribution in [3.63, 3.8) is 0 Å². The molecule has 3 rings (SSSR count). The third-order valence-corrected chi connectivity index (χ3v) is 6.46. The lowest BCUT2D eigenvalue weighted by Crippen LogP contribution is -2.29. The van der Waals surface area contributed by atoms with Crippen LogP contribution in [0.15, 0.2) is 17.3 Å². The predicted molar refractivity (Wildman–Crippen MR) is 123 cm³/mol. The van der Waals surface area contributed by atoms with Gasteiger partial charge in [-0.3, -0.25) is 0 Å². The number of nitrogens with zero attached hydrogens (tertiary/aromatic N) is 5. The minimum atomic E-state index is -1.12. The van der Waals surface area contributed by atoms with Gasteiger partial charge in [0.15, 0.2) is 22.1 Å². The standard InChI is InChI=1S/C21H32N6O4S/c1-5-10-32-20-23-18(22-9-8-21(2,3)4)15-19(24-20)27(26-25-15)13-11-12(6-7-14(28)29)16(30)17(13)31/h6-7,12-13,16-17,30-31H,5,8-11H2,1-4H3,(H,28,29)(H,22,23,24)/b7-6+/t12-,13+,16+,17-/m0/s1. The van der Waals surface area contributed by atoms with Crippen LogP contribution in [0.3, 0.4) is 0 Å². The van der Waals surface area contributed by atoms with Gasteiger partial charge in [-0.05, 0) is 24.7 Å². The number of carbonyl (C=O) groups is 1. The van der Waals surface area contributed by atoms with Gasteiger partial charge in [-0.2, -0.15) is 0 Å². The number of fused-ring (bicyclic) bond motifs is 1. The quantitative estimate of drug-likeness (QED) is 0.248. The van der Waals surface area contributed by atoms with Gasteiger partial charge < -0.3 is 20.6 Å². The summed E-state index contributed by atoms with van der Waals surface area (Å²) in [6.45, 7) is 9.31. The maximum absolute atomic E-state index is 10.9. The monoisotopic (exact) mass is 464 g/mol. The SMILES string of the molecule is CCCSc1nc(NCCC(C)(C)C)c2nnn([C@@H]3C[C@H](/C=C/C(=O)O)[C@@H](O)[C@H]3O)c2n1. The van der Waals surface area contributed by atoms with Gasteiger partial charge in [-0.15, -0.1) is 5.10 Å². The van der Waals surface area contributed by atoms with E-state index in [9.17, 15) is 15.0 Å². The van der Waals surface area contributed by atoms with E-state index in [1.165, 1.54) is 22.5 Å². The maximum Gasteiger partial charge on any atom is 0.327 e. The number of aliphatic hydroxyl groups excluding tert-OH is 2. The van der Waals surface area contributed by atoms with Crippen LogP contribution in [0.25, 0.3) is 11.2 Å². The van der Waals surface area contributed by atoms with Crippen molar-refractivity contribution in [2.45, 2.75) is 70.4 Å². The lowest BCUT2D eigenvalue weighted by molar-refractivity contribution is -0.131. The molecule has 0 unspecified atom stereocenters. The molecule has 10 nitrogen and oxygen atoms in total. The Morgan fingerprint density at radius 3 is 2.69 bits per heavy atom. The molecule has 4 N–H and O–H groups in total. The van der Waals surface area contributed by atoms with E-state index in [-0.39, 0.29) is 5.41 Å². The molecular weight excluding hydrogens is 432 g/mol. The molecule has 0 radical (unpaired) electrons. The Bertz CT molecular complexity index is 973. The molecule has 1 aliphatic carbocycles. The van der Waals surface area contributed by atoms with E-state index in [0.717, 1.165) is 24.7 Å². The van der Waals surface area contributed by atoms with Crippen molar-refractivity contribution in [1.82, 2.24) is 25.0 Å². The maximum atomic E-state index is 10.9. The van der Waals surface area contributed by atoms with Crippen LogP contribution >= 0.6 is 11.8 Å². The Morgan fingerprint density at radius 2 is 2.03 bits per heavy atom. The molecule has 11 heteroatoms. The van der Waals surface area contributed by atoms with Gasteiger partial charge in [0.25, 0.3) is 0 Å². The Morgan fingerprint density at radius 1 is 1.28 bits per heavy atom. The Kier molecular flexibility index (Phi) is 7.73. The highest BCUT2D eigenvalue weighted by Crippen LogP contribution is 2.37. The zero-order valence-electron chi connectivity index (χ0n) is 18.9. The molecule has 0 amide bonds. The zero-order valence-corrected chi connectivity index (χ0v) is 19.7. The second-order valence-electron chi connectivity index (χ2n) is 9.29. The number of nitrogens with one attached hydrogen (secondary N) is 1. The highest BCUT2D eigenvalue weighted by Gasteiger charge is 2.43. The number of anilines is 1. The molecule has 0 spiro atoms. The molecule has 0 aromatic carbocycles. The molecule has 0 aliphatic heterocycles. The number of carboxylic acids is 1. The molecule has 1 fully saturated rings. The smallest absolute Gasteiger partial charge is 0.327 e. The van der Waals surface area contributed by atoms with Crippen LogP contribution in [0.5, 0.6) is 0 Å². The molecule has 0 saturated heterocycles. The molecule has 2 aromatic rings. The number of hydrogen-bond acceptors (Lipinski definition) is 9. The number of rotatable bonds is 9. The van der Waals surface area contributed by atoms with Crippen LogP contribution in [-0.4, -0.2) is 70.8 Å². The van der Waals surface area contributed by atoms with Crippen molar-refractivity contribution < 1.29 is 20.1 Å². The van der Waals surface area contributed by atoms with Crippen LogP contribution in [0.2, 0.25) is 0 Å². The van der Waals surface area contributed by atoms with Crippen molar-refractivity contribution in [1.29, 1.82) is 0 Å². The van der Waals surface area contributed by atoms with Crippen molar-refractivity contribution >= 4 is 34.7 Å². The number of aliphatic hydroxyl groups is 2. The van der Waals surface area contributed by atoms with E-state index in [4.69, 9.17) is 5.11 Å². The van der Waals surface area contributed by atoms with Crippen LogP contribution in [-0.2, 0) is 4.79 Å². The summed E-state index contributed by atoms with van der Waals surface area (Å²) in [5, 5.41) is 42.4. The van der Waals surface area contributed by atoms with E-state index >= 15 is 0 Å². The summed E-state index contributed by atoms with van der Waals surface area (Å²) in [6.07, 6.45) is 2.40. The van der Waals surface area contributed by atoms with Crippen LogP contribution in [0.4, 0.5) is 5.82 Å². The number of hydrogen-bond donors (Lipinski definition) is 4. The van der Waals surface area contributed by atoms with E-state index in [0.29, 0.717) is 35.1 Å². The second kappa shape index (κ2) is 10.1. The topological polar surface area (TPSA) is 146 Å². The Balaban J connectivity index is 1.94. The first-order valence-electron chi connectivity index (χ1n) is 10.9. The van der Waals surface area contributed by atoms with Gasteiger partial charge in [-0.25, -0.2) is 19.4 Å². The fourth-order valence-corrected chi connectivity index (χ4v) is 4.35. The van der Waals surface area contributed by atoms with Crippen molar-refractivity contribution in [3.05, 3.63) is 12.2 Å². The minimum Gasteiger partial charge on any atom is -0.478 e. The van der Waals surface area contributed by atoms with E-state index in [1.807, 2.05) is 0 Å². The van der Waals surface area contributed by atoms with Crippen LogP contribution in [0.1, 0.15) is 53.0 Å². The van der Waals surface area contributed by atoms with Gasteiger partial charge in [-0.1, -0.05) is 50.7 Å². The summed E-state index contributed by atoms with van der Waals surface area (Å²) < 4.78 is 1.53. The van der Waals surface area contributed by atoms with Gasteiger partial charge in [0.1, 0.15) is 6.10 Å². The number of aliphatic carboxylic acids is 1. The average Bonchev–Trinajstić information content (AvgIpc) is 3.25. The molecule has 0 bridgehead atoms.